The Kier molecular flexibility index (Phi) is 6.68. The van der Waals surface area contributed by atoms with Crippen molar-refractivity contribution in [2.75, 3.05) is 13.1 Å². The maximum absolute atomic E-state index is 12.3. The molecule has 0 N–H and O–H groups in total. The van der Waals surface area contributed by atoms with Crippen LogP contribution < -0.4 is 9.47 Å². The van der Waals surface area contributed by atoms with Crippen LogP contribution in [0, 0.1) is 6.92 Å². The van der Waals surface area contributed by atoms with E-state index in [4.69, 9.17) is 14.2 Å². The summed E-state index contributed by atoms with van der Waals surface area (Å²) in [5.41, 5.74) is 0.619. The van der Waals surface area contributed by atoms with E-state index >= 15 is 0 Å². The molecule has 1 aliphatic heterocycles. The molecule has 2 aliphatic rings. The number of likely N-dealkylation sites (tertiary alicyclic amines) is 1. The molecule has 0 spiro atoms. The first-order valence-electron chi connectivity index (χ1n) is 11.1. The van der Waals surface area contributed by atoms with Gasteiger partial charge in [0.25, 0.3) is 0 Å². The summed E-state index contributed by atoms with van der Waals surface area (Å²) in [4.78, 5) is 26.2. The van der Waals surface area contributed by atoms with E-state index in [1.54, 1.807) is 17.9 Å². The number of amides is 1. The van der Waals surface area contributed by atoms with Gasteiger partial charge in [-0.15, -0.1) is 0 Å². The molecule has 1 saturated heterocycles. The predicted molar refractivity (Wildman–Crippen MR) is 118 cm³/mol. The number of nitrogens with zero attached hydrogens (tertiary/aromatic N) is 4. The molecule has 4 rings (SSSR count). The summed E-state index contributed by atoms with van der Waals surface area (Å²) >= 11 is 0. The highest BCUT2D eigenvalue weighted by Gasteiger charge is 2.37. The Hall–Kier alpha value is -2.95. The number of hydrogen-bond donors (Lipinski definition) is 0. The highest BCUT2D eigenvalue weighted by atomic mass is 32.2. The summed E-state index contributed by atoms with van der Waals surface area (Å²) in [6.07, 6.45) is 4.88. The minimum Gasteiger partial charge on any atom is -0.474 e. The summed E-state index contributed by atoms with van der Waals surface area (Å²) in [7, 11) is -3.35. The van der Waals surface area contributed by atoms with Gasteiger partial charge in [0.2, 0.25) is 11.8 Å². The van der Waals surface area contributed by atoms with Gasteiger partial charge in [-0.25, -0.2) is 28.2 Å². The van der Waals surface area contributed by atoms with E-state index in [0.29, 0.717) is 61.8 Å². The molecule has 0 unspecified atom stereocenters. The third-order valence-corrected chi connectivity index (χ3v) is 7.66. The zero-order chi connectivity index (χ0) is 23.6. The molecule has 0 atom stereocenters. The summed E-state index contributed by atoms with van der Waals surface area (Å²) in [5, 5.41) is -0.252. The molecule has 0 radical (unpaired) electrons. The van der Waals surface area contributed by atoms with Crippen LogP contribution in [0.3, 0.4) is 0 Å². The van der Waals surface area contributed by atoms with Gasteiger partial charge in [0.1, 0.15) is 18.2 Å². The molecule has 1 aliphatic carbocycles. The number of hydrogen-bond acceptors (Lipinski definition) is 9. The Balaban J connectivity index is 1.37. The normalized spacial score (nSPS) is 17.2. The molecule has 178 valence electrons. The third kappa shape index (κ3) is 5.52. The van der Waals surface area contributed by atoms with Gasteiger partial charge >= 0.3 is 6.09 Å². The van der Waals surface area contributed by atoms with E-state index in [-0.39, 0.29) is 28.6 Å². The van der Waals surface area contributed by atoms with Gasteiger partial charge < -0.3 is 19.1 Å². The first-order valence-corrected chi connectivity index (χ1v) is 12.6. The molecule has 11 heteroatoms. The van der Waals surface area contributed by atoms with Crippen LogP contribution in [0.4, 0.5) is 4.79 Å². The number of pyridine rings is 1. The zero-order valence-electron chi connectivity index (χ0n) is 18.9. The highest BCUT2D eigenvalue weighted by molar-refractivity contribution is 7.92. The average molecular weight is 477 g/mol. The fourth-order valence-corrected chi connectivity index (χ4v) is 5.04. The van der Waals surface area contributed by atoms with Gasteiger partial charge in [-0.2, -0.15) is 0 Å². The van der Waals surface area contributed by atoms with Crippen molar-refractivity contribution < 1.29 is 27.4 Å². The predicted octanol–water partition coefficient (Wildman–Crippen LogP) is 3.30. The van der Waals surface area contributed by atoms with E-state index in [9.17, 15) is 13.2 Å². The SMILES string of the molecule is Cc1c(Oc2ccc(S(=O)(=O)C3CC3)nc2)ncnc1OC1CCN(C(=O)OC(C)C)CC1. The van der Waals surface area contributed by atoms with Crippen LogP contribution >= 0.6 is 0 Å². The van der Waals surface area contributed by atoms with Crippen LogP contribution in [-0.2, 0) is 14.6 Å². The Morgan fingerprint density at radius 1 is 1.06 bits per heavy atom. The first kappa shape index (κ1) is 23.2. The largest absolute Gasteiger partial charge is 0.474 e. The van der Waals surface area contributed by atoms with Gasteiger partial charge in [-0.3, -0.25) is 0 Å². The zero-order valence-corrected chi connectivity index (χ0v) is 19.7. The fourth-order valence-electron chi connectivity index (χ4n) is 3.49. The molecule has 3 heterocycles. The van der Waals surface area contributed by atoms with E-state index in [0.717, 1.165) is 0 Å². The number of carbonyl (C=O) groups is 1. The summed E-state index contributed by atoms with van der Waals surface area (Å²) < 4.78 is 41.7. The lowest BCUT2D eigenvalue weighted by molar-refractivity contribution is 0.0505. The maximum atomic E-state index is 12.3. The minimum atomic E-state index is -3.35. The van der Waals surface area contributed by atoms with Crippen molar-refractivity contribution in [1.82, 2.24) is 19.9 Å². The summed E-state index contributed by atoms with van der Waals surface area (Å²) in [5.74, 6) is 1.08. The molecule has 1 amide bonds. The standard InChI is InChI=1S/C22H28N4O6S/c1-14(2)30-22(27)26-10-8-16(9-11-26)31-20-15(3)21(25-13-24-20)32-17-4-7-19(23-12-17)33(28,29)18-5-6-18/h4,7,12-14,16,18H,5-6,8-11H2,1-3H3. The number of aromatic nitrogens is 3. The molecular weight excluding hydrogens is 448 g/mol. The van der Waals surface area contributed by atoms with Crippen LogP contribution in [0.5, 0.6) is 17.5 Å². The number of rotatable bonds is 7. The quantitative estimate of drug-likeness (QED) is 0.592. The Labute approximate surface area is 193 Å². The van der Waals surface area contributed by atoms with Crippen LogP contribution in [-0.4, -0.2) is 64.9 Å². The maximum Gasteiger partial charge on any atom is 0.410 e. The molecule has 33 heavy (non-hydrogen) atoms. The van der Waals surface area contributed by atoms with E-state index in [1.807, 2.05) is 13.8 Å². The van der Waals surface area contributed by atoms with E-state index in [2.05, 4.69) is 15.0 Å². The van der Waals surface area contributed by atoms with Crippen LogP contribution in [0.15, 0.2) is 29.7 Å². The third-order valence-electron chi connectivity index (χ3n) is 5.49. The molecule has 2 aromatic heterocycles. The number of carbonyl (C=O) groups excluding carboxylic acids is 1. The topological polar surface area (TPSA) is 121 Å². The van der Waals surface area contributed by atoms with Crippen molar-refractivity contribution in [3.8, 4) is 17.5 Å². The van der Waals surface area contributed by atoms with Crippen molar-refractivity contribution in [2.45, 2.75) is 68.9 Å². The van der Waals surface area contributed by atoms with Crippen molar-refractivity contribution >= 4 is 15.9 Å². The second-order valence-corrected chi connectivity index (χ2v) is 10.7. The molecule has 2 fully saturated rings. The van der Waals surface area contributed by atoms with Gasteiger partial charge in [-0.05, 0) is 45.7 Å². The second kappa shape index (κ2) is 9.50. The van der Waals surface area contributed by atoms with Crippen molar-refractivity contribution in [3.63, 3.8) is 0 Å². The van der Waals surface area contributed by atoms with Gasteiger partial charge in [0.15, 0.2) is 14.9 Å². The second-order valence-electron chi connectivity index (χ2n) is 8.52. The molecule has 2 aromatic rings. The van der Waals surface area contributed by atoms with Gasteiger partial charge in [0, 0.05) is 25.9 Å². The summed E-state index contributed by atoms with van der Waals surface area (Å²) in [6, 6.07) is 3.02. The van der Waals surface area contributed by atoms with Crippen LogP contribution in [0.2, 0.25) is 0 Å². The molecular formula is C22H28N4O6S. The van der Waals surface area contributed by atoms with Crippen LogP contribution in [0.1, 0.15) is 45.1 Å². The van der Waals surface area contributed by atoms with Gasteiger partial charge in [0.05, 0.1) is 23.1 Å². The van der Waals surface area contributed by atoms with Crippen molar-refractivity contribution in [2.24, 2.45) is 0 Å². The molecule has 0 bridgehead atoms. The van der Waals surface area contributed by atoms with E-state index < -0.39 is 9.84 Å². The number of ether oxygens (including phenoxy) is 3. The molecule has 10 nitrogen and oxygen atoms in total. The Bertz CT molecular complexity index is 1090. The van der Waals surface area contributed by atoms with Crippen molar-refractivity contribution in [1.29, 1.82) is 0 Å². The van der Waals surface area contributed by atoms with Crippen LogP contribution in [0.25, 0.3) is 0 Å². The summed E-state index contributed by atoms with van der Waals surface area (Å²) in [6.45, 7) is 6.54. The molecule has 0 aromatic carbocycles. The fraction of sp³-hybridized carbons (Fsp3) is 0.545. The first-order chi connectivity index (χ1) is 15.7. The highest BCUT2D eigenvalue weighted by Crippen LogP contribution is 2.34. The smallest absolute Gasteiger partial charge is 0.410 e. The monoisotopic (exact) mass is 476 g/mol. The minimum absolute atomic E-state index is 0.0596. The lowest BCUT2D eigenvalue weighted by Gasteiger charge is -2.31. The number of sulfone groups is 1. The van der Waals surface area contributed by atoms with E-state index in [1.165, 1.54) is 18.6 Å². The average Bonchev–Trinajstić information content (AvgIpc) is 3.63. The lowest BCUT2D eigenvalue weighted by atomic mass is 10.1. The Morgan fingerprint density at radius 3 is 2.36 bits per heavy atom. The molecule has 1 saturated carbocycles. The van der Waals surface area contributed by atoms with Crippen molar-refractivity contribution in [3.05, 3.63) is 30.2 Å². The number of piperidine rings is 1. The lowest BCUT2D eigenvalue weighted by Crippen LogP contribution is -2.42. The van der Waals surface area contributed by atoms with Gasteiger partial charge in [-0.1, -0.05) is 0 Å². The Morgan fingerprint density at radius 2 is 1.76 bits per heavy atom.